The Bertz CT molecular complexity index is 824. The van der Waals surface area contributed by atoms with Gasteiger partial charge in [0, 0.05) is 25.1 Å². The second kappa shape index (κ2) is 10.4. The lowest BCUT2D eigenvalue weighted by Crippen LogP contribution is -2.32. The lowest BCUT2D eigenvalue weighted by molar-refractivity contribution is -0.140. The molecule has 1 aliphatic heterocycles. The molecule has 0 saturated carbocycles. The van der Waals surface area contributed by atoms with Crippen LogP contribution in [0.3, 0.4) is 0 Å². The maximum Gasteiger partial charge on any atom is 0.508 e. The number of aromatic nitrogens is 2. The van der Waals surface area contributed by atoms with E-state index in [2.05, 4.69) is 15.3 Å². The van der Waals surface area contributed by atoms with E-state index in [-0.39, 0.29) is 25.3 Å². The minimum Gasteiger partial charge on any atom is -0.450 e. The van der Waals surface area contributed by atoms with Gasteiger partial charge in [-0.2, -0.15) is 4.98 Å². The molecule has 13 nitrogen and oxygen atoms in total. The zero-order valence-electron chi connectivity index (χ0n) is 16.6. The topological polar surface area (TPSA) is 165 Å². The zero-order chi connectivity index (χ0) is 22.3. The van der Waals surface area contributed by atoms with Crippen molar-refractivity contribution in [1.82, 2.24) is 9.55 Å². The van der Waals surface area contributed by atoms with E-state index in [1.165, 1.54) is 12.3 Å². The molecule has 0 amide bonds. The minimum atomic E-state index is -1.54. The molecule has 0 spiro atoms. The summed E-state index contributed by atoms with van der Waals surface area (Å²) in [5.74, 6) is -0.529. The Morgan fingerprint density at radius 3 is 2.73 bits per heavy atom. The molecule has 13 heteroatoms. The van der Waals surface area contributed by atoms with Gasteiger partial charge in [-0.3, -0.25) is 4.57 Å². The van der Waals surface area contributed by atoms with Crippen LogP contribution >= 0.6 is 0 Å². The summed E-state index contributed by atoms with van der Waals surface area (Å²) in [6, 6.07) is 1.37. The zero-order valence-corrected chi connectivity index (χ0v) is 16.6. The molecule has 0 aliphatic carbocycles. The number of nitrogens with zero attached hydrogens (tertiary/aromatic N) is 2. The second-order valence-corrected chi connectivity index (χ2v) is 6.45. The van der Waals surface area contributed by atoms with E-state index in [0.29, 0.717) is 0 Å². The van der Waals surface area contributed by atoms with Gasteiger partial charge in [0.05, 0.1) is 6.10 Å². The summed E-state index contributed by atoms with van der Waals surface area (Å²) in [6.45, 7) is 4.54. The molecule has 1 fully saturated rings. The molecule has 166 valence electrons. The monoisotopic (exact) mass is 429 g/mol. The molecule has 1 aromatic rings. The number of hydrogen-bond acceptors (Lipinski definition) is 11. The fourth-order valence-corrected chi connectivity index (χ4v) is 2.52. The number of hydrogen-bond donors (Lipinski definition) is 2. The summed E-state index contributed by atoms with van der Waals surface area (Å²) in [5, 5.41) is 8.92. The molecular weight excluding hydrogens is 406 g/mol. The normalized spacial score (nSPS) is 20.5. The smallest absolute Gasteiger partial charge is 0.450 e. The molecule has 0 bridgehead atoms. The first kappa shape index (κ1) is 22.9. The van der Waals surface area contributed by atoms with Gasteiger partial charge in [-0.25, -0.2) is 24.7 Å². The van der Waals surface area contributed by atoms with Crippen LogP contribution in [0.2, 0.25) is 0 Å². The van der Waals surface area contributed by atoms with Gasteiger partial charge in [0.1, 0.15) is 25.0 Å². The Hall–Kier alpha value is -3.35. The van der Waals surface area contributed by atoms with E-state index in [9.17, 15) is 19.2 Å². The summed E-state index contributed by atoms with van der Waals surface area (Å²) < 4.78 is 21.3. The van der Waals surface area contributed by atoms with Crippen molar-refractivity contribution in [2.45, 2.75) is 58.2 Å². The largest absolute Gasteiger partial charge is 0.508 e. The Kier molecular flexibility index (Phi) is 7.98. The number of rotatable bonds is 8. The van der Waals surface area contributed by atoms with Crippen molar-refractivity contribution in [3.8, 4) is 0 Å². The summed E-state index contributed by atoms with van der Waals surface area (Å²) in [6.07, 6.45) is -4.29. The molecule has 0 radical (unpaired) electrons. The Labute approximate surface area is 170 Å². The van der Waals surface area contributed by atoms with E-state index in [1.807, 2.05) is 0 Å². The van der Waals surface area contributed by atoms with Crippen molar-refractivity contribution in [2.75, 3.05) is 12.1 Å². The van der Waals surface area contributed by atoms with Crippen molar-refractivity contribution in [2.24, 2.45) is 0 Å². The van der Waals surface area contributed by atoms with Crippen molar-refractivity contribution >= 4 is 24.1 Å². The predicted octanol–water partition coefficient (Wildman–Crippen LogP) is 1.44. The van der Waals surface area contributed by atoms with Gasteiger partial charge in [-0.15, -0.1) is 0 Å². The van der Waals surface area contributed by atoms with Gasteiger partial charge >= 0.3 is 24.0 Å². The van der Waals surface area contributed by atoms with Crippen LogP contribution < -0.4 is 11.2 Å². The average molecular weight is 429 g/mol. The van der Waals surface area contributed by atoms with Crippen LogP contribution in [-0.2, 0) is 28.6 Å². The van der Waals surface area contributed by atoms with Crippen LogP contribution in [0.5, 0.6) is 0 Å². The van der Waals surface area contributed by atoms with E-state index >= 15 is 0 Å². The van der Waals surface area contributed by atoms with Gasteiger partial charge in [-0.1, -0.05) is 6.92 Å². The van der Waals surface area contributed by atoms with Crippen molar-refractivity contribution in [1.29, 1.82) is 0 Å². The number of ether oxygens (including phenoxy) is 4. The van der Waals surface area contributed by atoms with Crippen molar-refractivity contribution in [3.05, 3.63) is 22.7 Å². The van der Waals surface area contributed by atoms with Crippen LogP contribution in [0.25, 0.3) is 0 Å². The third kappa shape index (κ3) is 6.62. The standard InChI is InChI=1S/C17H23N3O10/c1-4-14(21)30-19-12-5-6-20(15(22)18-12)13-7-10(29-16(23)24)11(28-13)8-26-17(25)27-9(2)3/h5-6,9-11,13H,4,7-8H2,1-3H3,(H,23,24)(H,18,19,22)/t10?,11-,13-/m1/s1. The van der Waals surface area contributed by atoms with Gasteiger partial charge < -0.3 is 28.9 Å². The summed E-state index contributed by atoms with van der Waals surface area (Å²) >= 11 is 0. The van der Waals surface area contributed by atoms with Gasteiger partial charge in [0.25, 0.3) is 0 Å². The fraction of sp³-hybridized carbons (Fsp3) is 0.588. The Balaban J connectivity index is 2.06. The highest BCUT2D eigenvalue weighted by atomic mass is 16.7. The molecule has 1 aromatic heterocycles. The van der Waals surface area contributed by atoms with Crippen LogP contribution in [0, 0.1) is 0 Å². The third-order valence-corrected chi connectivity index (χ3v) is 3.83. The third-order valence-electron chi connectivity index (χ3n) is 3.83. The summed E-state index contributed by atoms with van der Waals surface area (Å²) in [4.78, 5) is 54.3. The number of carbonyl (C=O) groups is 3. The average Bonchev–Trinajstić information content (AvgIpc) is 3.05. The summed E-state index contributed by atoms with van der Waals surface area (Å²) in [7, 11) is 0. The molecule has 2 heterocycles. The van der Waals surface area contributed by atoms with E-state index in [1.54, 1.807) is 20.8 Å². The Morgan fingerprint density at radius 1 is 1.40 bits per heavy atom. The number of anilines is 1. The maximum atomic E-state index is 12.3. The first-order valence-electron chi connectivity index (χ1n) is 9.12. The SMILES string of the molecule is CCC(=O)ONc1ccn([C@H]2CC(OC(=O)O)[C@@H](COC(=O)OC(C)C)O2)c(=O)n1. The van der Waals surface area contributed by atoms with Gasteiger partial charge in [0.2, 0.25) is 0 Å². The first-order valence-corrected chi connectivity index (χ1v) is 9.12. The predicted molar refractivity (Wildman–Crippen MR) is 97.5 cm³/mol. The number of nitrogens with one attached hydrogen (secondary N) is 1. The molecule has 2 N–H and O–H groups in total. The molecule has 1 unspecified atom stereocenters. The van der Waals surface area contributed by atoms with Crippen LogP contribution in [0.15, 0.2) is 17.1 Å². The number of carboxylic acid groups (broad SMARTS) is 1. The maximum absolute atomic E-state index is 12.3. The van der Waals surface area contributed by atoms with Crippen molar-refractivity contribution < 1.29 is 43.3 Å². The van der Waals surface area contributed by atoms with Crippen LogP contribution in [0.4, 0.5) is 15.4 Å². The highest BCUT2D eigenvalue weighted by molar-refractivity contribution is 5.69. The van der Waals surface area contributed by atoms with Crippen molar-refractivity contribution in [3.63, 3.8) is 0 Å². The highest BCUT2D eigenvalue weighted by Crippen LogP contribution is 2.30. The van der Waals surface area contributed by atoms with Crippen LogP contribution in [-0.4, -0.2) is 57.9 Å². The van der Waals surface area contributed by atoms with Gasteiger partial charge in [0.15, 0.2) is 5.82 Å². The molecule has 1 aliphatic rings. The molecule has 2 rings (SSSR count). The van der Waals surface area contributed by atoms with E-state index in [0.717, 1.165) is 4.57 Å². The van der Waals surface area contributed by atoms with Crippen LogP contribution in [0.1, 0.15) is 39.8 Å². The first-order chi connectivity index (χ1) is 14.2. The number of carbonyl (C=O) groups excluding carboxylic acids is 2. The summed E-state index contributed by atoms with van der Waals surface area (Å²) in [5.41, 5.74) is 1.51. The quantitative estimate of drug-likeness (QED) is 0.347. The Morgan fingerprint density at radius 2 is 2.13 bits per heavy atom. The minimum absolute atomic E-state index is 0.00528. The lowest BCUT2D eigenvalue weighted by Gasteiger charge is -2.18. The van der Waals surface area contributed by atoms with Gasteiger partial charge in [-0.05, 0) is 13.8 Å². The van der Waals surface area contributed by atoms with E-state index in [4.69, 9.17) is 24.1 Å². The fourth-order valence-electron chi connectivity index (χ4n) is 2.52. The molecule has 3 atom stereocenters. The van der Waals surface area contributed by atoms with E-state index < -0.39 is 48.5 Å². The molecule has 0 aromatic carbocycles. The lowest BCUT2D eigenvalue weighted by atomic mass is 10.2. The molecule has 30 heavy (non-hydrogen) atoms. The molecule has 1 saturated heterocycles. The highest BCUT2D eigenvalue weighted by Gasteiger charge is 2.40. The molecular formula is C17H23N3O10. The second-order valence-electron chi connectivity index (χ2n) is 6.45.